The van der Waals surface area contributed by atoms with Crippen LogP contribution in [-0.2, 0) is 11.2 Å². The third-order valence-corrected chi connectivity index (χ3v) is 5.66. The molecule has 1 aliphatic rings. The van der Waals surface area contributed by atoms with Gasteiger partial charge in [-0.1, -0.05) is 31.9 Å². The Morgan fingerprint density at radius 2 is 1.96 bits per heavy atom. The number of benzene rings is 1. The Kier molecular flexibility index (Phi) is 7.15. The van der Waals surface area contributed by atoms with Crippen molar-refractivity contribution < 1.29 is 9.18 Å². The molecule has 1 saturated heterocycles. The zero-order valence-corrected chi connectivity index (χ0v) is 16.7. The molecule has 7 heteroatoms. The first-order chi connectivity index (χ1) is 13.2. The smallest absolute Gasteiger partial charge is 0.222 e. The Morgan fingerprint density at radius 1 is 1.15 bits per heavy atom. The second-order valence-corrected chi connectivity index (χ2v) is 7.71. The summed E-state index contributed by atoms with van der Waals surface area (Å²) in [5, 5.41) is 0.910. The SMILES string of the molecule is CCCCCC(=O)N1CCCN(c2nc(Cc3ccc(F)cc3)ns2)CC1. The van der Waals surface area contributed by atoms with Crippen molar-refractivity contribution >= 4 is 22.6 Å². The van der Waals surface area contributed by atoms with Crippen LogP contribution in [0.5, 0.6) is 0 Å². The van der Waals surface area contributed by atoms with Gasteiger partial charge in [-0.3, -0.25) is 4.79 Å². The summed E-state index contributed by atoms with van der Waals surface area (Å²) in [6.07, 6.45) is 5.46. The van der Waals surface area contributed by atoms with Gasteiger partial charge in [0.1, 0.15) is 11.6 Å². The molecule has 0 atom stereocenters. The van der Waals surface area contributed by atoms with E-state index in [-0.39, 0.29) is 11.7 Å². The molecule has 0 saturated carbocycles. The lowest BCUT2D eigenvalue weighted by Gasteiger charge is -2.21. The molecule has 2 heterocycles. The third kappa shape index (κ3) is 5.73. The van der Waals surface area contributed by atoms with E-state index >= 15 is 0 Å². The van der Waals surface area contributed by atoms with E-state index in [1.54, 1.807) is 12.1 Å². The average molecular weight is 391 g/mol. The second kappa shape index (κ2) is 9.78. The Balaban J connectivity index is 1.54. The highest BCUT2D eigenvalue weighted by molar-refractivity contribution is 7.09. The molecule has 1 aromatic heterocycles. The predicted octanol–water partition coefficient (Wildman–Crippen LogP) is 3.89. The van der Waals surface area contributed by atoms with Crippen LogP contribution in [0.15, 0.2) is 24.3 Å². The molecule has 27 heavy (non-hydrogen) atoms. The topological polar surface area (TPSA) is 49.3 Å². The summed E-state index contributed by atoms with van der Waals surface area (Å²) < 4.78 is 17.5. The molecule has 1 aliphatic heterocycles. The summed E-state index contributed by atoms with van der Waals surface area (Å²) in [4.78, 5) is 21.2. The van der Waals surface area contributed by atoms with Crippen LogP contribution in [0.1, 0.15) is 50.4 Å². The highest BCUT2D eigenvalue weighted by Crippen LogP contribution is 2.21. The van der Waals surface area contributed by atoms with Gasteiger partial charge in [0.05, 0.1) is 0 Å². The lowest BCUT2D eigenvalue weighted by Crippen LogP contribution is -2.35. The van der Waals surface area contributed by atoms with Gasteiger partial charge in [-0.2, -0.15) is 4.37 Å². The number of amides is 1. The van der Waals surface area contributed by atoms with E-state index in [0.717, 1.165) is 68.4 Å². The number of rotatable bonds is 7. The van der Waals surface area contributed by atoms with Crippen LogP contribution in [-0.4, -0.2) is 46.3 Å². The summed E-state index contributed by atoms with van der Waals surface area (Å²) >= 11 is 1.40. The largest absolute Gasteiger partial charge is 0.345 e. The fourth-order valence-electron chi connectivity index (χ4n) is 3.27. The first-order valence-corrected chi connectivity index (χ1v) is 10.5. The van der Waals surface area contributed by atoms with E-state index in [0.29, 0.717) is 12.8 Å². The standard InChI is InChI=1S/C20H27FN4OS/c1-2-3-4-6-19(26)24-11-5-12-25(14-13-24)20-22-18(23-27-20)15-16-7-9-17(21)10-8-16/h7-10H,2-6,11-15H2,1H3. The fraction of sp³-hybridized carbons (Fsp3) is 0.550. The molecule has 0 unspecified atom stereocenters. The maximum Gasteiger partial charge on any atom is 0.222 e. The minimum Gasteiger partial charge on any atom is -0.345 e. The van der Waals surface area contributed by atoms with Crippen LogP contribution in [0.4, 0.5) is 9.52 Å². The van der Waals surface area contributed by atoms with Gasteiger partial charge in [0.15, 0.2) is 0 Å². The lowest BCUT2D eigenvalue weighted by molar-refractivity contribution is -0.131. The van der Waals surface area contributed by atoms with E-state index in [1.807, 2.05) is 4.90 Å². The molecule has 2 aromatic rings. The zero-order chi connectivity index (χ0) is 19.1. The number of hydrogen-bond donors (Lipinski definition) is 0. The van der Waals surface area contributed by atoms with Gasteiger partial charge in [-0.15, -0.1) is 0 Å². The van der Waals surface area contributed by atoms with E-state index in [9.17, 15) is 9.18 Å². The van der Waals surface area contributed by atoms with E-state index in [1.165, 1.54) is 23.7 Å². The van der Waals surface area contributed by atoms with Crippen molar-refractivity contribution in [3.63, 3.8) is 0 Å². The quantitative estimate of drug-likeness (QED) is 0.673. The molecule has 3 rings (SSSR count). The minimum absolute atomic E-state index is 0.232. The van der Waals surface area contributed by atoms with Crippen molar-refractivity contribution in [3.8, 4) is 0 Å². The normalized spacial score (nSPS) is 15.0. The Labute approximate surface area is 164 Å². The monoisotopic (exact) mass is 390 g/mol. The maximum atomic E-state index is 13.0. The minimum atomic E-state index is -0.232. The summed E-state index contributed by atoms with van der Waals surface area (Å²) in [5.74, 6) is 0.807. The van der Waals surface area contributed by atoms with Gasteiger partial charge in [0.25, 0.3) is 0 Å². The summed E-state index contributed by atoms with van der Waals surface area (Å²) in [5.41, 5.74) is 1.00. The van der Waals surface area contributed by atoms with Crippen molar-refractivity contribution in [1.29, 1.82) is 0 Å². The highest BCUT2D eigenvalue weighted by Gasteiger charge is 2.21. The average Bonchev–Trinajstić information content (AvgIpc) is 2.98. The fourth-order valence-corrected chi connectivity index (χ4v) is 4.01. The summed E-state index contributed by atoms with van der Waals surface area (Å²) in [6, 6.07) is 6.46. The Bertz CT molecular complexity index is 734. The number of unbranched alkanes of at least 4 members (excludes halogenated alkanes) is 2. The van der Waals surface area contributed by atoms with E-state index < -0.39 is 0 Å². The van der Waals surface area contributed by atoms with Crippen LogP contribution >= 0.6 is 11.5 Å². The maximum absolute atomic E-state index is 13.0. The van der Waals surface area contributed by atoms with Crippen molar-refractivity contribution in [2.75, 3.05) is 31.1 Å². The molecule has 1 aromatic carbocycles. The molecule has 0 bridgehead atoms. The van der Waals surface area contributed by atoms with Crippen molar-refractivity contribution in [2.45, 2.75) is 45.4 Å². The van der Waals surface area contributed by atoms with Gasteiger partial charge in [-0.05, 0) is 30.5 Å². The number of carbonyl (C=O) groups excluding carboxylic acids is 1. The number of carbonyl (C=O) groups is 1. The number of anilines is 1. The number of hydrogen-bond acceptors (Lipinski definition) is 5. The van der Waals surface area contributed by atoms with Gasteiger partial charge in [0.2, 0.25) is 11.0 Å². The molecule has 0 spiro atoms. The van der Waals surface area contributed by atoms with Crippen molar-refractivity contribution in [3.05, 3.63) is 41.5 Å². The van der Waals surface area contributed by atoms with Gasteiger partial charge >= 0.3 is 0 Å². The molecular formula is C20H27FN4OS. The highest BCUT2D eigenvalue weighted by atomic mass is 32.1. The van der Waals surface area contributed by atoms with E-state index in [4.69, 9.17) is 0 Å². The molecule has 0 aliphatic carbocycles. The molecule has 0 N–H and O–H groups in total. The number of halogens is 1. The molecule has 5 nitrogen and oxygen atoms in total. The summed E-state index contributed by atoms with van der Waals surface area (Å²) in [6.45, 7) is 5.41. The molecule has 1 fully saturated rings. The van der Waals surface area contributed by atoms with Crippen LogP contribution in [0.2, 0.25) is 0 Å². The first kappa shape index (κ1) is 19.7. The Morgan fingerprint density at radius 3 is 2.74 bits per heavy atom. The van der Waals surface area contributed by atoms with Gasteiger partial charge in [0, 0.05) is 50.6 Å². The molecular weight excluding hydrogens is 363 g/mol. The van der Waals surface area contributed by atoms with Gasteiger partial charge < -0.3 is 9.80 Å². The van der Waals surface area contributed by atoms with Crippen molar-refractivity contribution in [2.24, 2.45) is 0 Å². The Hall–Kier alpha value is -2.02. The van der Waals surface area contributed by atoms with Crippen LogP contribution < -0.4 is 4.90 Å². The van der Waals surface area contributed by atoms with Crippen molar-refractivity contribution in [1.82, 2.24) is 14.3 Å². The predicted molar refractivity (Wildman–Crippen MR) is 107 cm³/mol. The summed E-state index contributed by atoms with van der Waals surface area (Å²) in [7, 11) is 0. The van der Waals surface area contributed by atoms with Crippen LogP contribution in [0.25, 0.3) is 0 Å². The lowest BCUT2D eigenvalue weighted by atomic mass is 10.1. The molecule has 146 valence electrons. The zero-order valence-electron chi connectivity index (χ0n) is 15.9. The van der Waals surface area contributed by atoms with Crippen LogP contribution in [0.3, 0.4) is 0 Å². The first-order valence-electron chi connectivity index (χ1n) is 9.75. The number of nitrogens with zero attached hydrogens (tertiary/aromatic N) is 4. The van der Waals surface area contributed by atoms with Gasteiger partial charge in [-0.25, -0.2) is 9.37 Å². The van der Waals surface area contributed by atoms with Crippen LogP contribution in [0, 0.1) is 5.82 Å². The molecule has 0 radical (unpaired) electrons. The number of aromatic nitrogens is 2. The third-order valence-electron chi connectivity index (χ3n) is 4.85. The second-order valence-electron chi connectivity index (χ2n) is 6.97. The molecule has 1 amide bonds. The van der Waals surface area contributed by atoms with E-state index in [2.05, 4.69) is 21.2 Å².